The van der Waals surface area contributed by atoms with Gasteiger partial charge in [0.1, 0.15) is 0 Å². The Kier molecular flexibility index (Phi) is 3.56. The van der Waals surface area contributed by atoms with Crippen molar-refractivity contribution in [2.24, 2.45) is 0 Å². The van der Waals surface area contributed by atoms with Crippen molar-refractivity contribution in [3.8, 4) is 0 Å². The summed E-state index contributed by atoms with van der Waals surface area (Å²) in [5, 5.41) is 0. The lowest BCUT2D eigenvalue weighted by Gasteiger charge is -2.26. The van der Waals surface area contributed by atoms with Gasteiger partial charge in [0.05, 0.1) is 4.90 Å². The average Bonchev–Trinajstić information content (AvgIpc) is 2.30. The molecule has 3 nitrogen and oxygen atoms in total. The highest BCUT2D eigenvalue weighted by atomic mass is 32.2. The van der Waals surface area contributed by atoms with Gasteiger partial charge in [-0.25, -0.2) is 8.42 Å². The zero-order valence-corrected chi connectivity index (χ0v) is 10.9. The minimum absolute atomic E-state index is 0.446. The van der Waals surface area contributed by atoms with Crippen molar-refractivity contribution < 1.29 is 8.42 Å². The predicted molar refractivity (Wildman–Crippen MR) is 67.3 cm³/mol. The molecule has 0 saturated carbocycles. The Labute approximate surface area is 101 Å². The van der Waals surface area contributed by atoms with E-state index in [2.05, 4.69) is 0 Å². The van der Waals surface area contributed by atoms with Crippen molar-refractivity contribution in [3.63, 3.8) is 0 Å². The van der Waals surface area contributed by atoms with E-state index >= 15 is 0 Å². The molecule has 0 amide bonds. The molecule has 1 aliphatic rings. The quantitative estimate of drug-likeness (QED) is 0.810. The molecule has 2 rings (SSSR count). The summed E-state index contributed by atoms with van der Waals surface area (Å²) < 4.78 is 26.2. The lowest BCUT2D eigenvalue weighted by atomic mass is 10.2. The second-order valence-corrected chi connectivity index (χ2v) is 6.91. The number of aryl methyl sites for hydroxylation is 1. The summed E-state index contributed by atoms with van der Waals surface area (Å²) in [5.41, 5.74) is 0.820. The van der Waals surface area contributed by atoms with Gasteiger partial charge in [0.2, 0.25) is 10.0 Å². The molecule has 0 aromatic heterocycles. The fourth-order valence-corrected chi connectivity index (χ4v) is 4.57. The fourth-order valence-electron chi connectivity index (χ4n) is 1.77. The van der Waals surface area contributed by atoms with Crippen molar-refractivity contribution in [2.45, 2.75) is 11.8 Å². The van der Waals surface area contributed by atoms with E-state index < -0.39 is 10.0 Å². The van der Waals surface area contributed by atoms with Gasteiger partial charge in [-0.3, -0.25) is 0 Å². The Morgan fingerprint density at radius 2 is 1.81 bits per heavy atom. The van der Waals surface area contributed by atoms with Crippen molar-refractivity contribution in [3.05, 3.63) is 29.8 Å². The molecule has 5 heteroatoms. The highest BCUT2D eigenvalue weighted by Gasteiger charge is 2.26. The fraction of sp³-hybridized carbons (Fsp3) is 0.455. The highest BCUT2D eigenvalue weighted by molar-refractivity contribution is 7.99. The van der Waals surface area contributed by atoms with Gasteiger partial charge in [-0.05, 0) is 18.6 Å². The predicted octanol–water partition coefficient (Wildman–Crippen LogP) is 1.73. The Hall–Kier alpha value is -0.520. The lowest BCUT2D eigenvalue weighted by Crippen LogP contribution is -2.38. The molecule has 1 heterocycles. The first kappa shape index (κ1) is 12.0. The van der Waals surface area contributed by atoms with Crippen molar-refractivity contribution in [1.29, 1.82) is 0 Å². The number of rotatable bonds is 2. The third-order valence-corrected chi connectivity index (χ3v) is 5.68. The van der Waals surface area contributed by atoms with E-state index in [0.29, 0.717) is 18.0 Å². The molecule has 1 aromatic carbocycles. The molecule has 88 valence electrons. The van der Waals surface area contributed by atoms with Gasteiger partial charge in [-0.15, -0.1) is 0 Å². The van der Waals surface area contributed by atoms with Crippen LogP contribution in [0.2, 0.25) is 0 Å². The summed E-state index contributed by atoms with van der Waals surface area (Å²) in [6.07, 6.45) is 0. The van der Waals surface area contributed by atoms with Gasteiger partial charge >= 0.3 is 0 Å². The number of nitrogens with zero attached hydrogens (tertiary/aromatic N) is 1. The van der Waals surface area contributed by atoms with Crippen LogP contribution in [-0.4, -0.2) is 37.3 Å². The first-order valence-corrected chi connectivity index (χ1v) is 7.85. The average molecular weight is 257 g/mol. The van der Waals surface area contributed by atoms with Crippen LogP contribution < -0.4 is 0 Å². The summed E-state index contributed by atoms with van der Waals surface area (Å²) >= 11 is 1.81. The van der Waals surface area contributed by atoms with Crippen molar-refractivity contribution >= 4 is 21.8 Å². The van der Waals surface area contributed by atoms with Crippen LogP contribution in [0.25, 0.3) is 0 Å². The third kappa shape index (κ3) is 2.26. The van der Waals surface area contributed by atoms with Crippen molar-refractivity contribution in [2.75, 3.05) is 24.6 Å². The molecule has 0 N–H and O–H groups in total. The number of sulfonamides is 1. The van der Waals surface area contributed by atoms with Gasteiger partial charge in [0, 0.05) is 24.6 Å². The zero-order valence-electron chi connectivity index (χ0n) is 9.22. The molecule has 1 saturated heterocycles. The van der Waals surface area contributed by atoms with E-state index in [1.165, 1.54) is 0 Å². The molecule has 1 aromatic rings. The van der Waals surface area contributed by atoms with Gasteiger partial charge in [0.25, 0.3) is 0 Å². The van der Waals surface area contributed by atoms with Crippen LogP contribution in [0, 0.1) is 6.92 Å². The van der Waals surface area contributed by atoms with Crippen LogP contribution in [0.4, 0.5) is 0 Å². The Morgan fingerprint density at radius 1 is 1.19 bits per heavy atom. The normalized spacial score (nSPS) is 18.6. The first-order chi connectivity index (χ1) is 7.62. The van der Waals surface area contributed by atoms with Gasteiger partial charge in [-0.2, -0.15) is 16.1 Å². The monoisotopic (exact) mass is 257 g/mol. The highest BCUT2D eigenvalue weighted by Crippen LogP contribution is 2.22. The van der Waals surface area contributed by atoms with Gasteiger partial charge in [-0.1, -0.05) is 18.2 Å². The van der Waals surface area contributed by atoms with Gasteiger partial charge in [0.15, 0.2) is 0 Å². The maximum Gasteiger partial charge on any atom is 0.243 e. The second kappa shape index (κ2) is 4.77. The Bertz CT molecular complexity index is 465. The Balaban J connectivity index is 2.35. The molecular formula is C11H15NO2S2. The minimum Gasteiger partial charge on any atom is -0.207 e. The number of hydrogen-bond acceptors (Lipinski definition) is 3. The molecule has 0 aliphatic carbocycles. The largest absolute Gasteiger partial charge is 0.243 e. The number of hydrogen-bond donors (Lipinski definition) is 0. The molecule has 0 bridgehead atoms. The standard InChI is InChI=1S/C11H15NO2S2/c1-10-4-2-3-5-11(10)16(13,14)12-6-8-15-9-7-12/h2-5H,6-9H2,1H3. The molecular weight excluding hydrogens is 242 g/mol. The number of benzene rings is 1. The summed E-state index contributed by atoms with van der Waals surface area (Å²) in [4.78, 5) is 0.446. The van der Waals surface area contributed by atoms with E-state index in [0.717, 1.165) is 17.1 Å². The van der Waals surface area contributed by atoms with E-state index in [9.17, 15) is 8.42 Å². The molecule has 0 spiro atoms. The molecule has 1 fully saturated rings. The van der Waals surface area contributed by atoms with Crippen LogP contribution in [0.5, 0.6) is 0 Å². The molecule has 0 unspecified atom stereocenters. The summed E-state index contributed by atoms with van der Waals surface area (Å²) in [7, 11) is -3.27. The minimum atomic E-state index is -3.27. The molecule has 0 atom stereocenters. The summed E-state index contributed by atoms with van der Waals surface area (Å²) in [5.74, 6) is 1.79. The lowest BCUT2D eigenvalue weighted by molar-refractivity contribution is 0.443. The summed E-state index contributed by atoms with van der Waals surface area (Å²) in [6.45, 7) is 3.09. The van der Waals surface area contributed by atoms with E-state index in [1.54, 1.807) is 16.4 Å². The smallest absolute Gasteiger partial charge is 0.207 e. The van der Waals surface area contributed by atoms with Crippen molar-refractivity contribution in [1.82, 2.24) is 4.31 Å². The van der Waals surface area contributed by atoms with Crippen LogP contribution in [-0.2, 0) is 10.0 Å². The maximum absolute atomic E-state index is 12.3. The van der Waals surface area contributed by atoms with E-state index in [-0.39, 0.29) is 0 Å². The van der Waals surface area contributed by atoms with Crippen LogP contribution in [0.1, 0.15) is 5.56 Å². The van der Waals surface area contributed by atoms with E-state index in [1.807, 2.05) is 30.8 Å². The van der Waals surface area contributed by atoms with Crippen LogP contribution in [0.3, 0.4) is 0 Å². The van der Waals surface area contributed by atoms with Crippen LogP contribution in [0.15, 0.2) is 29.2 Å². The first-order valence-electron chi connectivity index (χ1n) is 5.26. The third-order valence-electron chi connectivity index (χ3n) is 2.68. The van der Waals surface area contributed by atoms with Gasteiger partial charge < -0.3 is 0 Å². The van der Waals surface area contributed by atoms with Crippen LogP contribution >= 0.6 is 11.8 Å². The SMILES string of the molecule is Cc1ccccc1S(=O)(=O)N1CCSCC1. The maximum atomic E-state index is 12.3. The molecule has 0 radical (unpaired) electrons. The second-order valence-electron chi connectivity index (χ2n) is 3.78. The molecule has 16 heavy (non-hydrogen) atoms. The van der Waals surface area contributed by atoms with E-state index in [4.69, 9.17) is 0 Å². The molecule has 1 aliphatic heterocycles. The number of thioether (sulfide) groups is 1. The topological polar surface area (TPSA) is 37.4 Å². The zero-order chi connectivity index (χ0) is 11.6. The summed E-state index contributed by atoms with van der Waals surface area (Å²) in [6, 6.07) is 7.16. The Morgan fingerprint density at radius 3 is 2.44 bits per heavy atom.